The van der Waals surface area contributed by atoms with Crippen LogP contribution >= 0.6 is 0 Å². The minimum atomic E-state index is 1.12. The van der Waals surface area contributed by atoms with E-state index in [2.05, 4.69) is 21.7 Å². The van der Waals surface area contributed by atoms with Crippen LogP contribution in [0.2, 0.25) is 0 Å². The van der Waals surface area contributed by atoms with Crippen LogP contribution in [0.4, 0.5) is 0 Å². The van der Waals surface area contributed by atoms with Crippen LogP contribution in [0.3, 0.4) is 0 Å². The third kappa shape index (κ3) is 1.43. The minimum absolute atomic E-state index is 1.12. The Morgan fingerprint density at radius 2 is 2.06 bits per heavy atom. The van der Waals surface area contributed by atoms with Gasteiger partial charge in [-0.2, -0.15) is 5.10 Å². The normalized spacial score (nSPS) is 14.8. The molecule has 0 fully saturated rings. The van der Waals surface area contributed by atoms with Crippen molar-refractivity contribution in [2.45, 2.75) is 32.6 Å². The van der Waals surface area contributed by atoms with E-state index in [1.54, 1.807) is 0 Å². The number of aromatic nitrogens is 3. The molecule has 0 aromatic carbocycles. The van der Waals surface area contributed by atoms with Gasteiger partial charge in [0.25, 0.3) is 0 Å². The summed E-state index contributed by atoms with van der Waals surface area (Å²) in [6.45, 7) is 2.11. The molecule has 0 radical (unpaired) electrons. The predicted octanol–water partition coefficient (Wildman–Crippen LogP) is 2.45. The van der Waals surface area contributed by atoms with E-state index in [1.807, 2.05) is 24.7 Å². The van der Waals surface area contributed by atoms with E-state index >= 15 is 0 Å². The first-order chi connectivity index (χ1) is 7.86. The number of pyridine rings is 1. The van der Waals surface area contributed by atoms with Crippen molar-refractivity contribution in [1.82, 2.24) is 14.8 Å². The van der Waals surface area contributed by atoms with E-state index in [0.29, 0.717) is 0 Å². The number of hydrogen-bond acceptors (Lipinski definition) is 2. The van der Waals surface area contributed by atoms with Gasteiger partial charge in [-0.3, -0.25) is 4.98 Å². The Bertz CT molecular complexity index is 514. The Morgan fingerprint density at radius 3 is 2.94 bits per heavy atom. The maximum atomic E-state index is 4.51. The monoisotopic (exact) mass is 213 g/mol. The molecule has 0 N–H and O–H groups in total. The van der Waals surface area contributed by atoms with E-state index in [1.165, 1.54) is 36.1 Å². The van der Waals surface area contributed by atoms with Crippen molar-refractivity contribution in [3.63, 3.8) is 0 Å². The smallest absolute Gasteiger partial charge is 0.0861 e. The maximum absolute atomic E-state index is 4.51. The van der Waals surface area contributed by atoms with Crippen molar-refractivity contribution < 1.29 is 0 Å². The highest BCUT2D eigenvalue weighted by molar-refractivity contribution is 5.40. The summed E-state index contributed by atoms with van der Waals surface area (Å²) in [6.07, 6.45) is 10.6. The van der Waals surface area contributed by atoms with Gasteiger partial charge in [0.1, 0.15) is 0 Å². The second-order valence-electron chi connectivity index (χ2n) is 4.40. The van der Waals surface area contributed by atoms with Gasteiger partial charge in [0, 0.05) is 11.9 Å². The molecular weight excluding hydrogens is 198 g/mol. The zero-order chi connectivity index (χ0) is 11.0. The van der Waals surface area contributed by atoms with E-state index in [4.69, 9.17) is 0 Å². The molecule has 2 aromatic rings. The molecule has 3 rings (SSSR count). The van der Waals surface area contributed by atoms with Crippen molar-refractivity contribution in [3.05, 3.63) is 41.5 Å². The fourth-order valence-corrected chi connectivity index (χ4v) is 2.38. The van der Waals surface area contributed by atoms with Crippen molar-refractivity contribution >= 4 is 0 Å². The van der Waals surface area contributed by atoms with Gasteiger partial charge in [-0.25, -0.2) is 4.68 Å². The summed E-state index contributed by atoms with van der Waals surface area (Å²) >= 11 is 0. The van der Waals surface area contributed by atoms with E-state index in [-0.39, 0.29) is 0 Å². The molecule has 0 saturated carbocycles. The average molecular weight is 213 g/mol. The molecule has 0 amide bonds. The first-order valence-corrected chi connectivity index (χ1v) is 5.83. The van der Waals surface area contributed by atoms with E-state index < -0.39 is 0 Å². The van der Waals surface area contributed by atoms with Gasteiger partial charge < -0.3 is 0 Å². The third-order valence-corrected chi connectivity index (χ3v) is 3.30. The molecule has 0 aliphatic heterocycles. The zero-order valence-corrected chi connectivity index (χ0v) is 9.48. The van der Waals surface area contributed by atoms with Crippen molar-refractivity contribution in [3.8, 4) is 5.69 Å². The predicted molar refractivity (Wildman–Crippen MR) is 62.7 cm³/mol. The van der Waals surface area contributed by atoms with Gasteiger partial charge >= 0.3 is 0 Å². The molecule has 82 valence electrons. The molecule has 0 saturated heterocycles. The van der Waals surface area contributed by atoms with Crippen LogP contribution < -0.4 is 0 Å². The standard InChI is InChI=1S/C13H15N3/c1-10-6-7-14-9-13(10)16-12-5-3-2-4-11(12)8-15-16/h6-9H,2-5H2,1H3. The summed E-state index contributed by atoms with van der Waals surface area (Å²) in [5, 5.41) is 4.51. The minimum Gasteiger partial charge on any atom is -0.262 e. The Kier molecular flexibility index (Phi) is 2.24. The first kappa shape index (κ1) is 9.58. The quantitative estimate of drug-likeness (QED) is 0.728. The Balaban J connectivity index is 2.13. The van der Waals surface area contributed by atoms with Gasteiger partial charge in [0.05, 0.1) is 18.1 Å². The third-order valence-electron chi connectivity index (χ3n) is 3.30. The van der Waals surface area contributed by atoms with Crippen LogP contribution in [0.15, 0.2) is 24.7 Å². The number of nitrogens with zero attached hydrogens (tertiary/aromatic N) is 3. The summed E-state index contributed by atoms with van der Waals surface area (Å²) in [5.74, 6) is 0. The van der Waals surface area contributed by atoms with Crippen LogP contribution in [0.5, 0.6) is 0 Å². The van der Waals surface area contributed by atoms with Gasteiger partial charge in [-0.05, 0) is 49.8 Å². The Labute approximate surface area is 95.1 Å². The second kappa shape index (κ2) is 3.74. The molecule has 0 spiro atoms. The topological polar surface area (TPSA) is 30.7 Å². The summed E-state index contributed by atoms with van der Waals surface area (Å²) in [6, 6.07) is 2.03. The second-order valence-corrected chi connectivity index (χ2v) is 4.40. The lowest BCUT2D eigenvalue weighted by molar-refractivity contribution is 0.652. The highest BCUT2D eigenvalue weighted by Crippen LogP contribution is 2.24. The molecule has 0 atom stereocenters. The molecule has 2 heterocycles. The maximum Gasteiger partial charge on any atom is 0.0861 e. The number of hydrogen-bond donors (Lipinski definition) is 0. The van der Waals surface area contributed by atoms with Crippen LogP contribution in [-0.2, 0) is 12.8 Å². The Hall–Kier alpha value is -1.64. The lowest BCUT2D eigenvalue weighted by atomic mass is 9.98. The summed E-state index contributed by atoms with van der Waals surface area (Å²) < 4.78 is 2.07. The molecule has 2 aromatic heterocycles. The molecule has 1 aliphatic rings. The lowest BCUT2D eigenvalue weighted by Crippen LogP contribution is -2.09. The summed E-state index contributed by atoms with van der Waals surface area (Å²) in [7, 11) is 0. The van der Waals surface area contributed by atoms with E-state index in [9.17, 15) is 0 Å². The van der Waals surface area contributed by atoms with Crippen LogP contribution in [0.1, 0.15) is 29.7 Å². The number of aryl methyl sites for hydroxylation is 2. The molecular formula is C13H15N3. The highest BCUT2D eigenvalue weighted by atomic mass is 15.3. The first-order valence-electron chi connectivity index (χ1n) is 5.83. The molecule has 3 heteroatoms. The van der Waals surface area contributed by atoms with Crippen LogP contribution in [0.25, 0.3) is 5.69 Å². The Morgan fingerprint density at radius 1 is 1.19 bits per heavy atom. The zero-order valence-electron chi connectivity index (χ0n) is 9.48. The van der Waals surface area contributed by atoms with Gasteiger partial charge in [-0.15, -0.1) is 0 Å². The van der Waals surface area contributed by atoms with Crippen molar-refractivity contribution in [2.75, 3.05) is 0 Å². The van der Waals surface area contributed by atoms with Crippen molar-refractivity contribution in [1.29, 1.82) is 0 Å². The molecule has 16 heavy (non-hydrogen) atoms. The van der Waals surface area contributed by atoms with Gasteiger partial charge in [0.2, 0.25) is 0 Å². The summed E-state index contributed by atoms with van der Waals surface area (Å²) in [5.41, 5.74) is 5.13. The van der Waals surface area contributed by atoms with E-state index in [0.717, 1.165) is 12.1 Å². The summed E-state index contributed by atoms with van der Waals surface area (Å²) in [4.78, 5) is 4.19. The molecule has 3 nitrogen and oxygen atoms in total. The fourth-order valence-electron chi connectivity index (χ4n) is 2.38. The largest absolute Gasteiger partial charge is 0.262 e. The van der Waals surface area contributed by atoms with Gasteiger partial charge in [0.15, 0.2) is 0 Å². The SMILES string of the molecule is Cc1ccncc1-n1ncc2c1CCCC2. The lowest BCUT2D eigenvalue weighted by Gasteiger charge is -2.14. The van der Waals surface area contributed by atoms with Crippen LogP contribution in [-0.4, -0.2) is 14.8 Å². The molecule has 1 aliphatic carbocycles. The molecule has 0 unspecified atom stereocenters. The van der Waals surface area contributed by atoms with Crippen LogP contribution in [0, 0.1) is 6.92 Å². The highest BCUT2D eigenvalue weighted by Gasteiger charge is 2.16. The molecule has 0 bridgehead atoms. The number of rotatable bonds is 1. The van der Waals surface area contributed by atoms with Gasteiger partial charge in [-0.1, -0.05) is 0 Å². The van der Waals surface area contributed by atoms with Crippen molar-refractivity contribution in [2.24, 2.45) is 0 Å². The fraction of sp³-hybridized carbons (Fsp3) is 0.385. The number of fused-ring (bicyclic) bond motifs is 1. The average Bonchev–Trinajstić information content (AvgIpc) is 2.74.